The van der Waals surface area contributed by atoms with Crippen molar-refractivity contribution in [2.24, 2.45) is 0 Å². The standard InChI is InChI=1S/C11H13F2IO2/c1-3-16-11(12,13)10(14)8-4-6-9(15-2)7-5-8/h4-7,10H,3H2,1-2H3. The Balaban J connectivity index is 2.83. The van der Waals surface area contributed by atoms with Crippen LogP contribution in [0.25, 0.3) is 0 Å². The molecule has 0 N–H and O–H groups in total. The lowest BCUT2D eigenvalue weighted by Crippen LogP contribution is -2.26. The van der Waals surface area contributed by atoms with E-state index in [9.17, 15) is 8.78 Å². The molecule has 0 bridgehead atoms. The van der Waals surface area contributed by atoms with Crippen LogP contribution in [0, 0.1) is 0 Å². The van der Waals surface area contributed by atoms with Gasteiger partial charge in [-0.25, -0.2) is 0 Å². The SMILES string of the molecule is CCOC(F)(F)C(I)c1ccc(OC)cc1. The minimum absolute atomic E-state index is 0.0113. The second-order valence-corrected chi connectivity index (χ2v) is 4.38. The molecule has 16 heavy (non-hydrogen) atoms. The lowest BCUT2D eigenvalue weighted by Gasteiger charge is -2.21. The fraction of sp³-hybridized carbons (Fsp3) is 0.455. The van der Waals surface area contributed by atoms with Crippen molar-refractivity contribution in [3.63, 3.8) is 0 Å². The predicted octanol–water partition coefficient (Wildman–Crippen LogP) is 3.80. The molecule has 0 radical (unpaired) electrons. The van der Waals surface area contributed by atoms with Gasteiger partial charge in [-0.3, -0.25) is 0 Å². The number of halogens is 3. The molecule has 0 aliphatic rings. The molecule has 1 unspecified atom stereocenters. The maximum absolute atomic E-state index is 13.4. The van der Waals surface area contributed by atoms with E-state index >= 15 is 0 Å². The van der Waals surface area contributed by atoms with Crippen molar-refractivity contribution in [1.29, 1.82) is 0 Å². The highest BCUT2D eigenvalue weighted by Gasteiger charge is 2.39. The Hall–Kier alpha value is -0.430. The molecule has 0 amide bonds. The number of hydrogen-bond donors (Lipinski definition) is 0. The van der Waals surface area contributed by atoms with Crippen molar-refractivity contribution < 1.29 is 18.3 Å². The van der Waals surface area contributed by atoms with Gasteiger partial charge in [0, 0.05) is 0 Å². The summed E-state index contributed by atoms with van der Waals surface area (Å²) in [6.45, 7) is 1.54. The third-order valence-corrected chi connectivity index (χ3v) is 3.48. The highest BCUT2D eigenvalue weighted by molar-refractivity contribution is 14.1. The van der Waals surface area contributed by atoms with Gasteiger partial charge in [0.15, 0.2) is 0 Å². The first-order valence-corrected chi connectivity index (χ1v) is 6.05. The smallest absolute Gasteiger partial charge is 0.371 e. The summed E-state index contributed by atoms with van der Waals surface area (Å²) in [5, 5.41) is 0. The normalized spacial score (nSPS) is 13.6. The Morgan fingerprint density at radius 1 is 1.31 bits per heavy atom. The van der Waals surface area contributed by atoms with Crippen molar-refractivity contribution in [3.8, 4) is 5.75 Å². The number of hydrogen-bond acceptors (Lipinski definition) is 2. The fourth-order valence-electron chi connectivity index (χ4n) is 1.23. The zero-order valence-corrected chi connectivity index (χ0v) is 11.2. The molecule has 5 heteroatoms. The first kappa shape index (κ1) is 13.6. The third kappa shape index (κ3) is 3.28. The van der Waals surface area contributed by atoms with Crippen LogP contribution in [0.3, 0.4) is 0 Å². The monoisotopic (exact) mass is 342 g/mol. The maximum Gasteiger partial charge on any atom is 0.371 e. The predicted molar refractivity (Wildman–Crippen MR) is 66.3 cm³/mol. The summed E-state index contributed by atoms with van der Waals surface area (Å²) in [4.78, 5) is 0. The molecule has 1 aromatic carbocycles. The minimum atomic E-state index is -3.15. The molecule has 1 atom stereocenters. The average molecular weight is 342 g/mol. The molecule has 0 fully saturated rings. The quantitative estimate of drug-likeness (QED) is 0.599. The van der Waals surface area contributed by atoms with E-state index in [1.807, 2.05) is 0 Å². The van der Waals surface area contributed by atoms with Gasteiger partial charge in [0.1, 0.15) is 9.67 Å². The zero-order chi connectivity index (χ0) is 12.2. The number of ether oxygens (including phenoxy) is 2. The van der Waals surface area contributed by atoms with Gasteiger partial charge < -0.3 is 9.47 Å². The Labute approximate surface area is 107 Å². The largest absolute Gasteiger partial charge is 0.497 e. The van der Waals surface area contributed by atoms with Crippen molar-refractivity contribution in [1.82, 2.24) is 0 Å². The fourth-order valence-corrected chi connectivity index (χ4v) is 1.83. The number of methoxy groups -OCH3 is 1. The molecule has 90 valence electrons. The maximum atomic E-state index is 13.4. The Kier molecular flexibility index (Phi) is 4.91. The molecule has 0 heterocycles. The van der Waals surface area contributed by atoms with Crippen molar-refractivity contribution in [2.45, 2.75) is 17.0 Å². The van der Waals surface area contributed by atoms with E-state index in [4.69, 9.17) is 4.74 Å². The summed E-state index contributed by atoms with van der Waals surface area (Å²) in [7, 11) is 1.53. The molecule has 1 rings (SSSR count). The lowest BCUT2D eigenvalue weighted by molar-refractivity contribution is -0.232. The summed E-state index contributed by atoms with van der Waals surface area (Å²) >= 11 is 1.68. The summed E-state index contributed by atoms with van der Waals surface area (Å²) in [5.74, 6) is 0.645. The topological polar surface area (TPSA) is 18.5 Å². The van der Waals surface area contributed by atoms with Crippen molar-refractivity contribution >= 4 is 22.6 Å². The van der Waals surface area contributed by atoms with Gasteiger partial charge in [-0.05, 0) is 24.6 Å². The van der Waals surface area contributed by atoms with Crippen LogP contribution < -0.4 is 4.74 Å². The minimum Gasteiger partial charge on any atom is -0.497 e. The van der Waals surface area contributed by atoms with Gasteiger partial charge in [0.25, 0.3) is 0 Å². The van der Waals surface area contributed by atoms with Crippen LogP contribution in [0.15, 0.2) is 24.3 Å². The van der Waals surface area contributed by atoms with E-state index in [-0.39, 0.29) is 6.61 Å². The molecule has 0 aromatic heterocycles. The second kappa shape index (κ2) is 5.77. The second-order valence-electron chi connectivity index (χ2n) is 3.13. The molecule has 2 nitrogen and oxygen atoms in total. The van der Waals surface area contributed by atoms with Crippen LogP contribution in [-0.4, -0.2) is 19.8 Å². The highest BCUT2D eigenvalue weighted by Crippen LogP contribution is 2.40. The molecule has 0 aliphatic heterocycles. The van der Waals surface area contributed by atoms with Crippen LogP contribution >= 0.6 is 22.6 Å². The van der Waals surface area contributed by atoms with E-state index in [0.29, 0.717) is 11.3 Å². The third-order valence-electron chi connectivity index (χ3n) is 2.04. The highest BCUT2D eigenvalue weighted by atomic mass is 127. The van der Waals surface area contributed by atoms with Gasteiger partial charge >= 0.3 is 6.11 Å². The summed E-state index contributed by atoms with van der Waals surface area (Å²) in [6, 6.07) is 6.54. The van der Waals surface area contributed by atoms with Crippen LogP contribution in [0.1, 0.15) is 16.4 Å². The van der Waals surface area contributed by atoms with E-state index in [1.54, 1.807) is 53.8 Å². The van der Waals surface area contributed by atoms with Gasteiger partial charge in [0.2, 0.25) is 0 Å². The Bertz CT molecular complexity index is 327. The molecule has 0 aliphatic carbocycles. The number of benzene rings is 1. The molecular weight excluding hydrogens is 329 g/mol. The molecule has 0 spiro atoms. The number of alkyl halides is 3. The van der Waals surface area contributed by atoms with E-state index < -0.39 is 10.0 Å². The van der Waals surface area contributed by atoms with Crippen LogP contribution in [-0.2, 0) is 4.74 Å². The Morgan fingerprint density at radius 2 is 1.88 bits per heavy atom. The van der Waals surface area contributed by atoms with Gasteiger partial charge in [-0.15, -0.1) is 0 Å². The van der Waals surface area contributed by atoms with Crippen LogP contribution in [0.2, 0.25) is 0 Å². The summed E-state index contributed by atoms with van der Waals surface area (Å²) in [5.41, 5.74) is 0.514. The van der Waals surface area contributed by atoms with Gasteiger partial charge in [-0.1, -0.05) is 34.7 Å². The summed E-state index contributed by atoms with van der Waals surface area (Å²) < 4.78 is 35.2. The Morgan fingerprint density at radius 3 is 2.31 bits per heavy atom. The van der Waals surface area contributed by atoms with Crippen molar-refractivity contribution in [2.75, 3.05) is 13.7 Å². The van der Waals surface area contributed by atoms with Crippen LogP contribution in [0.4, 0.5) is 8.78 Å². The van der Waals surface area contributed by atoms with Gasteiger partial charge in [-0.2, -0.15) is 8.78 Å². The van der Waals surface area contributed by atoms with Crippen LogP contribution in [0.5, 0.6) is 5.75 Å². The van der Waals surface area contributed by atoms with E-state index in [2.05, 4.69) is 4.74 Å². The molecule has 1 aromatic rings. The van der Waals surface area contributed by atoms with E-state index in [1.165, 1.54) is 7.11 Å². The lowest BCUT2D eigenvalue weighted by atomic mass is 10.1. The zero-order valence-electron chi connectivity index (χ0n) is 9.04. The average Bonchev–Trinajstić information content (AvgIpc) is 2.28. The summed E-state index contributed by atoms with van der Waals surface area (Å²) in [6.07, 6.45) is -3.15. The molecule has 0 saturated heterocycles. The van der Waals surface area contributed by atoms with Crippen molar-refractivity contribution in [3.05, 3.63) is 29.8 Å². The van der Waals surface area contributed by atoms with Gasteiger partial charge in [0.05, 0.1) is 13.7 Å². The molecule has 0 saturated carbocycles. The molecular formula is C11H13F2IO2. The number of rotatable bonds is 5. The first-order valence-electron chi connectivity index (χ1n) is 4.81. The first-order chi connectivity index (χ1) is 7.51. The van der Waals surface area contributed by atoms with E-state index in [0.717, 1.165) is 0 Å².